The van der Waals surface area contributed by atoms with Crippen molar-refractivity contribution in [1.82, 2.24) is 0 Å². The molecule has 1 N–H and O–H groups in total. The quantitative estimate of drug-likeness (QED) is 0.544. The van der Waals surface area contributed by atoms with Gasteiger partial charge in [-0.3, -0.25) is 0 Å². The summed E-state index contributed by atoms with van der Waals surface area (Å²) in [7, 11) is 0. The summed E-state index contributed by atoms with van der Waals surface area (Å²) in [5.74, 6) is 0.509. The van der Waals surface area contributed by atoms with E-state index in [2.05, 4.69) is 6.92 Å². The Morgan fingerprint density at radius 2 is 1.88 bits per heavy atom. The van der Waals surface area contributed by atoms with E-state index in [-0.39, 0.29) is 6.10 Å². The highest BCUT2D eigenvalue weighted by Gasteiger charge is 2.18. The monoisotopic (exact) mass is 113 g/mol. The lowest BCUT2D eigenvalue weighted by Crippen LogP contribution is -2.12. The van der Waals surface area contributed by atoms with Crippen molar-refractivity contribution in [3.05, 3.63) is 6.92 Å². The van der Waals surface area contributed by atoms with Crippen molar-refractivity contribution < 1.29 is 5.11 Å². The second-order valence-electron chi connectivity index (χ2n) is 2.61. The molecule has 1 unspecified atom stereocenters. The molecule has 0 aromatic heterocycles. The van der Waals surface area contributed by atoms with Gasteiger partial charge in [-0.05, 0) is 25.7 Å². The molecule has 0 heterocycles. The van der Waals surface area contributed by atoms with Crippen molar-refractivity contribution >= 4 is 0 Å². The van der Waals surface area contributed by atoms with Gasteiger partial charge in [0.15, 0.2) is 0 Å². The zero-order valence-corrected chi connectivity index (χ0v) is 5.14. The fourth-order valence-electron chi connectivity index (χ4n) is 1.34. The predicted molar refractivity (Wildman–Crippen MR) is 33.3 cm³/mol. The number of hydrogen-bond donors (Lipinski definition) is 1. The molecule has 0 spiro atoms. The average Bonchev–Trinajstić information content (AvgIpc) is 2.12. The molecule has 0 aromatic carbocycles. The minimum atomic E-state index is -0.308. The molecule has 1 nitrogen and oxygen atoms in total. The van der Waals surface area contributed by atoms with Gasteiger partial charge in [-0.25, -0.2) is 0 Å². The van der Waals surface area contributed by atoms with Crippen LogP contribution in [-0.2, 0) is 0 Å². The van der Waals surface area contributed by atoms with Crippen LogP contribution in [0.15, 0.2) is 0 Å². The molecule has 1 rings (SSSR count). The molecule has 47 valence electrons. The summed E-state index contributed by atoms with van der Waals surface area (Å²) in [6.45, 7) is 3.58. The number of aliphatic hydroxyl groups excluding tert-OH is 1. The summed E-state index contributed by atoms with van der Waals surface area (Å²) in [5.41, 5.74) is 0. The molecule has 0 bridgehead atoms. The molecule has 1 atom stereocenters. The summed E-state index contributed by atoms with van der Waals surface area (Å²) in [4.78, 5) is 0. The van der Waals surface area contributed by atoms with Crippen LogP contribution in [-0.4, -0.2) is 11.2 Å². The fraction of sp³-hybridized carbons (Fsp3) is 0.857. The summed E-state index contributed by atoms with van der Waals surface area (Å²) in [6, 6.07) is 0. The summed E-state index contributed by atoms with van der Waals surface area (Å²) in [6.07, 6.45) is 4.64. The lowest BCUT2D eigenvalue weighted by atomic mass is 10.0. The minimum absolute atomic E-state index is 0.308. The van der Waals surface area contributed by atoms with E-state index in [1.165, 1.54) is 25.7 Å². The molecule has 1 aliphatic carbocycles. The third kappa shape index (κ3) is 1.22. The molecule has 8 heavy (non-hydrogen) atoms. The van der Waals surface area contributed by atoms with Gasteiger partial charge < -0.3 is 5.11 Å². The van der Waals surface area contributed by atoms with E-state index >= 15 is 0 Å². The van der Waals surface area contributed by atoms with Crippen LogP contribution in [0.3, 0.4) is 0 Å². The van der Waals surface area contributed by atoms with E-state index in [9.17, 15) is 0 Å². The van der Waals surface area contributed by atoms with Crippen molar-refractivity contribution in [1.29, 1.82) is 0 Å². The van der Waals surface area contributed by atoms with Gasteiger partial charge in [-0.2, -0.15) is 0 Å². The zero-order chi connectivity index (χ0) is 5.98. The van der Waals surface area contributed by atoms with Crippen LogP contribution in [0, 0.1) is 12.8 Å². The first-order chi connectivity index (χ1) is 3.80. The topological polar surface area (TPSA) is 20.2 Å². The van der Waals surface area contributed by atoms with Gasteiger partial charge in [-0.1, -0.05) is 12.8 Å². The third-order valence-electron chi connectivity index (χ3n) is 1.94. The van der Waals surface area contributed by atoms with Crippen LogP contribution in [0.1, 0.15) is 25.7 Å². The van der Waals surface area contributed by atoms with Gasteiger partial charge in [0.1, 0.15) is 0 Å². The lowest BCUT2D eigenvalue weighted by molar-refractivity contribution is 0.153. The Hall–Kier alpha value is -0.0400. The molecule has 1 radical (unpaired) electrons. The molecule has 0 amide bonds. The Labute approximate surface area is 50.7 Å². The zero-order valence-electron chi connectivity index (χ0n) is 5.14. The molecular formula is C7H13O. The van der Waals surface area contributed by atoms with Crippen LogP contribution in [0.2, 0.25) is 0 Å². The standard InChI is InChI=1S/C7H13O/c1-6(8)7-4-2-3-5-7/h6-8H,1-5H2. The Bertz CT molecular complexity index is 62.8. The average molecular weight is 113 g/mol. The minimum Gasteiger partial charge on any atom is -0.393 e. The van der Waals surface area contributed by atoms with Crippen molar-refractivity contribution in [3.63, 3.8) is 0 Å². The van der Waals surface area contributed by atoms with Crippen molar-refractivity contribution in [2.45, 2.75) is 31.8 Å². The SMILES string of the molecule is [CH2]C(O)C1CCCC1. The van der Waals surface area contributed by atoms with Gasteiger partial charge >= 0.3 is 0 Å². The maximum atomic E-state index is 8.94. The molecule has 0 saturated heterocycles. The summed E-state index contributed by atoms with van der Waals surface area (Å²) < 4.78 is 0. The molecule has 1 heteroatoms. The molecule has 1 fully saturated rings. The lowest BCUT2D eigenvalue weighted by Gasteiger charge is -2.10. The van der Waals surface area contributed by atoms with Crippen molar-refractivity contribution in [2.75, 3.05) is 0 Å². The van der Waals surface area contributed by atoms with Crippen molar-refractivity contribution in [2.24, 2.45) is 5.92 Å². The predicted octanol–water partition coefficient (Wildman–Crippen LogP) is 1.37. The Morgan fingerprint density at radius 3 is 2.12 bits per heavy atom. The first kappa shape index (κ1) is 6.09. The summed E-state index contributed by atoms with van der Waals surface area (Å²) >= 11 is 0. The smallest absolute Gasteiger partial charge is 0.0569 e. The van der Waals surface area contributed by atoms with Crippen LogP contribution in [0.25, 0.3) is 0 Å². The largest absolute Gasteiger partial charge is 0.393 e. The van der Waals surface area contributed by atoms with E-state index in [1.54, 1.807) is 0 Å². The second kappa shape index (κ2) is 2.49. The second-order valence-corrected chi connectivity index (χ2v) is 2.61. The highest BCUT2D eigenvalue weighted by atomic mass is 16.3. The number of hydrogen-bond acceptors (Lipinski definition) is 1. The van der Waals surface area contributed by atoms with Crippen LogP contribution < -0.4 is 0 Å². The van der Waals surface area contributed by atoms with E-state index < -0.39 is 0 Å². The highest BCUT2D eigenvalue weighted by Crippen LogP contribution is 2.26. The van der Waals surface area contributed by atoms with Crippen LogP contribution in [0.5, 0.6) is 0 Å². The molecular weight excluding hydrogens is 100 g/mol. The van der Waals surface area contributed by atoms with Gasteiger partial charge in [0.05, 0.1) is 6.10 Å². The fourth-order valence-corrected chi connectivity index (χ4v) is 1.34. The van der Waals surface area contributed by atoms with Crippen LogP contribution >= 0.6 is 0 Å². The third-order valence-corrected chi connectivity index (χ3v) is 1.94. The van der Waals surface area contributed by atoms with Crippen LogP contribution in [0.4, 0.5) is 0 Å². The van der Waals surface area contributed by atoms with Gasteiger partial charge in [0, 0.05) is 0 Å². The Kier molecular flexibility index (Phi) is 1.90. The number of aliphatic hydroxyl groups is 1. The first-order valence-corrected chi connectivity index (χ1v) is 3.32. The van der Waals surface area contributed by atoms with Gasteiger partial charge in [0.2, 0.25) is 0 Å². The van der Waals surface area contributed by atoms with E-state index in [1.807, 2.05) is 0 Å². The van der Waals surface area contributed by atoms with Crippen molar-refractivity contribution in [3.8, 4) is 0 Å². The van der Waals surface area contributed by atoms with E-state index in [4.69, 9.17) is 5.11 Å². The first-order valence-electron chi connectivity index (χ1n) is 3.32. The van der Waals surface area contributed by atoms with Gasteiger partial charge in [-0.15, -0.1) is 0 Å². The molecule has 1 aliphatic rings. The Morgan fingerprint density at radius 1 is 1.38 bits per heavy atom. The maximum absolute atomic E-state index is 8.94. The molecule has 0 aliphatic heterocycles. The number of rotatable bonds is 1. The highest BCUT2D eigenvalue weighted by molar-refractivity contribution is 4.75. The molecule has 1 saturated carbocycles. The maximum Gasteiger partial charge on any atom is 0.0569 e. The molecule has 0 aromatic rings. The Balaban J connectivity index is 2.24. The normalized spacial score (nSPS) is 26.2. The van der Waals surface area contributed by atoms with Gasteiger partial charge in [0.25, 0.3) is 0 Å². The van der Waals surface area contributed by atoms with E-state index in [0.29, 0.717) is 5.92 Å². The van der Waals surface area contributed by atoms with E-state index in [0.717, 1.165) is 0 Å². The summed E-state index contributed by atoms with van der Waals surface area (Å²) in [5, 5.41) is 8.94.